The van der Waals surface area contributed by atoms with Crippen molar-refractivity contribution in [2.75, 3.05) is 39.0 Å². The molecule has 41 heavy (non-hydrogen) atoms. The largest absolute Gasteiger partial charge is 0.424 e. The molecular formula is C31H36FN7O2. The van der Waals surface area contributed by atoms with Crippen molar-refractivity contribution >= 4 is 27.6 Å². The summed E-state index contributed by atoms with van der Waals surface area (Å²) in [4.78, 5) is 26.3. The van der Waals surface area contributed by atoms with Gasteiger partial charge in [-0.15, -0.1) is 0 Å². The molecule has 4 heterocycles. The van der Waals surface area contributed by atoms with Crippen molar-refractivity contribution in [2.24, 2.45) is 0 Å². The minimum absolute atomic E-state index is 0.329. The Morgan fingerprint density at radius 1 is 1.05 bits per heavy atom. The van der Waals surface area contributed by atoms with Gasteiger partial charge in [-0.3, -0.25) is 4.90 Å². The Balaban J connectivity index is 0.00000165. The number of anilines is 1. The topological polar surface area (TPSA) is 106 Å². The fourth-order valence-corrected chi connectivity index (χ4v) is 5.51. The van der Waals surface area contributed by atoms with E-state index in [1.807, 2.05) is 45.9 Å². The molecule has 2 N–H and O–H groups in total. The van der Waals surface area contributed by atoms with Crippen molar-refractivity contribution in [3.63, 3.8) is 0 Å². The van der Waals surface area contributed by atoms with Gasteiger partial charge in [0.2, 0.25) is 0 Å². The zero-order chi connectivity index (χ0) is 29.3. The number of benzene rings is 2. The van der Waals surface area contributed by atoms with E-state index in [1.165, 1.54) is 12.4 Å². The molecule has 1 aliphatic heterocycles. The van der Waals surface area contributed by atoms with E-state index >= 15 is 4.39 Å². The van der Waals surface area contributed by atoms with Crippen molar-refractivity contribution in [2.45, 2.75) is 40.3 Å². The quantitative estimate of drug-likeness (QED) is 0.321. The molecular weight excluding hydrogens is 521 g/mol. The first-order valence-electron chi connectivity index (χ1n) is 14.0. The number of aryl methyl sites for hydroxylation is 1. The van der Waals surface area contributed by atoms with Crippen LogP contribution in [0, 0.1) is 12.7 Å². The standard InChI is InChI=1S/C29H30FN7O2.C2H6/c1-17-24-27(31)32-16-33-28(24)37(34-17)18(2)26-25(22-6-4-5-7-23(22)29(38)39-26)20-12-19(13-21(30)14-20)15-36-10-8-35(3)9-11-36;1-2/h4-7,12-14,16,18H,8-11,15H2,1-3H3,(H2,31,32,33);1-2H3. The van der Waals surface area contributed by atoms with Crippen LogP contribution in [0.1, 0.15) is 43.8 Å². The number of hydrogen-bond acceptors (Lipinski definition) is 8. The van der Waals surface area contributed by atoms with Crippen LogP contribution in [0.5, 0.6) is 0 Å². The van der Waals surface area contributed by atoms with Crippen LogP contribution in [0.2, 0.25) is 0 Å². The number of halogens is 1. The van der Waals surface area contributed by atoms with Crippen molar-refractivity contribution < 1.29 is 8.81 Å². The molecule has 0 amide bonds. The van der Waals surface area contributed by atoms with E-state index in [2.05, 4.69) is 31.9 Å². The maximum absolute atomic E-state index is 15.2. The molecule has 0 aliphatic carbocycles. The van der Waals surface area contributed by atoms with Crippen LogP contribution >= 0.6 is 0 Å². The molecule has 1 atom stereocenters. The number of nitrogen functional groups attached to an aromatic ring is 1. The van der Waals surface area contributed by atoms with Crippen LogP contribution in [-0.2, 0) is 6.54 Å². The summed E-state index contributed by atoms with van der Waals surface area (Å²) in [6.07, 6.45) is 1.39. The highest BCUT2D eigenvalue weighted by Crippen LogP contribution is 2.37. The normalized spacial score (nSPS) is 15.2. The van der Waals surface area contributed by atoms with E-state index in [0.717, 1.165) is 31.7 Å². The van der Waals surface area contributed by atoms with Gasteiger partial charge in [-0.2, -0.15) is 5.10 Å². The maximum Gasteiger partial charge on any atom is 0.343 e. The van der Waals surface area contributed by atoms with Crippen LogP contribution in [0.4, 0.5) is 10.2 Å². The Morgan fingerprint density at radius 3 is 2.49 bits per heavy atom. The van der Waals surface area contributed by atoms with E-state index in [4.69, 9.17) is 10.2 Å². The van der Waals surface area contributed by atoms with Gasteiger partial charge in [-0.05, 0) is 56.3 Å². The lowest BCUT2D eigenvalue weighted by Gasteiger charge is -2.32. The second-order valence-electron chi connectivity index (χ2n) is 10.3. The number of nitrogens with zero attached hydrogens (tertiary/aromatic N) is 6. The summed E-state index contributed by atoms with van der Waals surface area (Å²) >= 11 is 0. The van der Waals surface area contributed by atoms with E-state index in [0.29, 0.717) is 56.7 Å². The molecule has 10 heteroatoms. The predicted molar refractivity (Wildman–Crippen MR) is 160 cm³/mol. The summed E-state index contributed by atoms with van der Waals surface area (Å²) in [7, 11) is 2.11. The summed E-state index contributed by atoms with van der Waals surface area (Å²) in [6, 6.07) is 11.8. The van der Waals surface area contributed by atoms with Crippen molar-refractivity contribution in [1.82, 2.24) is 29.5 Å². The van der Waals surface area contributed by atoms with Crippen LogP contribution in [-0.4, -0.2) is 62.8 Å². The van der Waals surface area contributed by atoms with Crippen molar-refractivity contribution in [1.29, 1.82) is 0 Å². The van der Waals surface area contributed by atoms with Crippen molar-refractivity contribution in [3.8, 4) is 11.1 Å². The van der Waals surface area contributed by atoms with Gasteiger partial charge in [0.05, 0.1) is 16.5 Å². The van der Waals surface area contributed by atoms with Gasteiger partial charge in [0.25, 0.3) is 0 Å². The first-order chi connectivity index (χ1) is 19.8. The highest BCUT2D eigenvalue weighted by atomic mass is 19.1. The average molecular weight is 558 g/mol. The highest BCUT2D eigenvalue weighted by Gasteiger charge is 2.26. The third-order valence-corrected chi connectivity index (χ3v) is 7.55. The number of nitrogens with two attached hydrogens (primary N) is 1. The van der Waals surface area contributed by atoms with Gasteiger partial charge in [-0.25, -0.2) is 23.8 Å². The zero-order valence-corrected chi connectivity index (χ0v) is 24.2. The van der Waals surface area contributed by atoms with Gasteiger partial charge >= 0.3 is 5.63 Å². The lowest BCUT2D eigenvalue weighted by atomic mass is 9.94. The fourth-order valence-electron chi connectivity index (χ4n) is 5.51. The molecule has 0 spiro atoms. The number of hydrogen-bond donors (Lipinski definition) is 1. The molecule has 2 aromatic carbocycles. The molecule has 9 nitrogen and oxygen atoms in total. The molecule has 1 aliphatic rings. The lowest BCUT2D eigenvalue weighted by Crippen LogP contribution is -2.43. The van der Waals surface area contributed by atoms with E-state index in [9.17, 15) is 4.79 Å². The third-order valence-electron chi connectivity index (χ3n) is 7.55. The summed E-state index contributed by atoms with van der Waals surface area (Å²) in [6.45, 7) is 12.1. The molecule has 0 radical (unpaired) electrons. The number of piperazine rings is 1. The van der Waals surface area contributed by atoms with Crippen LogP contribution < -0.4 is 11.4 Å². The summed E-state index contributed by atoms with van der Waals surface area (Å²) in [5.74, 6) is 0.359. The maximum atomic E-state index is 15.2. The van der Waals surface area contributed by atoms with Gasteiger partial charge < -0.3 is 15.1 Å². The molecule has 3 aromatic heterocycles. The van der Waals surface area contributed by atoms with Crippen LogP contribution in [0.3, 0.4) is 0 Å². The molecule has 1 saturated heterocycles. The molecule has 5 aromatic rings. The van der Waals surface area contributed by atoms with Gasteiger partial charge in [0, 0.05) is 43.7 Å². The Kier molecular flexibility index (Phi) is 8.14. The monoisotopic (exact) mass is 557 g/mol. The number of rotatable bonds is 5. The summed E-state index contributed by atoms with van der Waals surface area (Å²) < 4.78 is 22.8. The highest BCUT2D eigenvalue weighted by molar-refractivity contribution is 5.97. The minimum atomic E-state index is -0.549. The van der Waals surface area contributed by atoms with Crippen LogP contribution in [0.25, 0.3) is 32.9 Å². The predicted octanol–water partition coefficient (Wildman–Crippen LogP) is 5.01. The van der Waals surface area contributed by atoms with Crippen LogP contribution in [0.15, 0.2) is 58.0 Å². The van der Waals surface area contributed by atoms with Gasteiger partial charge in [0.1, 0.15) is 29.8 Å². The number of likely N-dealkylation sites (N-methyl/N-ethyl adjacent to an activating group) is 1. The smallest absolute Gasteiger partial charge is 0.343 e. The molecule has 0 saturated carbocycles. The van der Waals surface area contributed by atoms with Crippen molar-refractivity contribution in [3.05, 3.63) is 82.0 Å². The lowest BCUT2D eigenvalue weighted by molar-refractivity contribution is 0.148. The fraction of sp³-hybridized carbons (Fsp3) is 0.355. The van der Waals surface area contributed by atoms with Gasteiger partial charge in [0.15, 0.2) is 5.65 Å². The second kappa shape index (κ2) is 11.8. The number of fused-ring (bicyclic) bond motifs is 2. The first-order valence-corrected chi connectivity index (χ1v) is 14.0. The number of aromatic nitrogens is 4. The van der Waals surface area contributed by atoms with Gasteiger partial charge in [-0.1, -0.05) is 32.0 Å². The Hall–Kier alpha value is -4.15. The summed E-state index contributed by atoms with van der Waals surface area (Å²) in [5.41, 5.74) is 9.01. The average Bonchev–Trinajstić information content (AvgIpc) is 3.32. The Labute approximate surface area is 238 Å². The molecule has 6 rings (SSSR count). The molecule has 214 valence electrons. The third kappa shape index (κ3) is 5.45. The zero-order valence-electron chi connectivity index (χ0n) is 24.2. The molecule has 1 unspecified atom stereocenters. The summed E-state index contributed by atoms with van der Waals surface area (Å²) in [5, 5.41) is 6.45. The first kappa shape index (κ1) is 28.4. The molecule has 0 bridgehead atoms. The minimum Gasteiger partial charge on any atom is -0.424 e. The van der Waals surface area contributed by atoms with E-state index in [-0.39, 0.29) is 5.82 Å². The SMILES string of the molecule is CC.Cc1nn(C(C)c2oc(=O)c3ccccc3c2-c2cc(F)cc(CN3CCN(C)CC3)c2)c2ncnc(N)c12. The van der Waals surface area contributed by atoms with E-state index < -0.39 is 11.7 Å². The Morgan fingerprint density at radius 2 is 1.76 bits per heavy atom. The second-order valence-corrected chi connectivity index (χ2v) is 10.3. The van der Waals surface area contributed by atoms with E-state index in [1.54, 1.807) is 22.9 Å². The Bertz CT molecular complexity index is 1760. The molecule has 1 fully saturated rings.